The molecule has 3 N–H and O–H groups in total. The molecule has 0 aliphatic carbocycles. The minimum atomic E-state index is -1.11. The predicted octanol–water partition coefficient (Wildman–Crippen LogP) is 1.25. The fourth-order valence-corrected chi connectivity index (χ4v) is 5.67. The van der Waals surface area contributed by atoms with Crippen LogP contribution in [-0.2, 0) is 26.5 Å². The number of carbonyl (C=O) groups is 3. The highest BCUT2D eigenvalue weighted by molar-refractivity contribution is 6.13. The summed E-state index contributed by atoms with van der Waals surface area (Å²) in [7, 11) is 1.57. The second-order valence-electron chi connectivity index (χ2n) is 8.93. The number of ether oxygens (including phenoxy) is 1. The van der Waals surface area contributed by atoms with Crippen molar-refractivity contribution < 1.29 is 24.4 Å². The minimum absolute atomic E-state index is 0.121. The quantitative estimate of drug-likeness (QED) is 0.728. The number of nitrogens with two attached hydrogens (primary N) is 1. The largest absolute Gasteiger partial charge is 0.496 e. The number of para-hydroxylation sites is 2. The van der Waals surface area contributed by atoms with Crippen molar-refractivity contribution in [3.05, 3.63) is 59.7 Å². The van der Waals surface area contributed by atoms with Gasteiger partial charge in [-0.2, -0.15) is 0 Å². The van der Waals surface area contributed by atoms with Gasteiger partial charge in [-0.1, -0.05) is 50.2 Å². The van der Waals surface area contributed by atoms with Gasteiger partial charge in [-0.15, -0.1) is 0 Å². The van der Waals surface area contributed by atoms with Crippen LogP contribution >= 0.6 is 0 Å². The summed E-state index contributed by atoms with van der Waals surface area (Å²) in [6.45, 7) is 4.21. The summed E-state index contributed by atoms with van der Waals surface area (Å²) in [5.41, 5.74) is 1.16. The van der Waals surface area contributed by atoms with E-state index in [0.717, 1.165) is 16.8 Å². The van der Waals surface area contributed by atoms with Crippen molar-refractivity contribution in [3.63, 3.8) is 0 Å². The summed E-state index contributed by atoms with van der Waals surface area (Å²) in [6.07, 6.45) is 0. The number of imide groups is 1. The zero-order valence-corrected chi connectivity index (χ0v) is 17.8. The third-order valence-electron chi connectivity index (χ3n) is 7.09. The summed E-state index contributed by atoms with van der Waals surface area (Å²) < 4.78 is 5.42. The molecule has 0 unspecified atom stereocenters. The number of hydrogen-bond donors (Lipinski definition) is 2. The molecule has 3 heterocycles. The highest BCUT2D eigenvalue weighted by Gasteiger charge is 2.74. The summed E-state index contributed by atoms with van der Waals surface area (Å²) >= 11 is 0. The molecule has 1 spiro atoms. The van der Waals surface area contributed by atoms with Gasteiger partial charge < -0.3 is 15.4 Å². The Bertz CT molecular complexity index is 1100. The van der Waals surface area contributed by atoms with E-state index < -0.39 is 17.4 Å². The fourth-order valence-electron chi connectivity index (χ4n) is 5.67. The SMILES string of the molecule is COc1ccccc1CN1C(=O)[C@H]2[C@@H](C1=O)[C@]1([NH2+][C@H]2C(C)C)C(=O)Nc2ccccc21. The van der Waals surface area contributed by atoms with Crippen LogP contribution in [0, 0.1) is 17.8 Å². The molecule has 3 aliphatic heterocycles. The molecule has 0 aromatic heterocycles. The van der Waals surface area contributed by atoms with Crippen molar-refractivity contribution in [2.45, 2.75) is 32.0 Å². The van der Waals surface area contributed by atoms with E-state index in [1.54, 1.807) is 7.11 Å². The van der Waals surface area contributed by atoms with E-state index in [1.165, 1.54) is 4.90 Å². The van der Waals surface area contributed by atoms with Crippen molar-refractivity contribution in [1.82, 2.24) is 4.90 Å². The first-order valence-electron chi connectivity index (χ1n) is 10.6. The first-order chi connectivity index (χ1) is 14.9. The van der Waals surface area contributed by atoms with Gasteiger partial charge in [0, 0.05) is 17.0 Å². The molecular formula is C24H26N3O4+. The molecule has 4 atom stereocenters. The number of likely N-dealkylation sites (tertiary alicyclic amines) is 1. The van der Waals surface area contributed by atoms with Gasteiger partial charge in [-0.25, -0.2) is 0 Å². The van der Waals surface area contributed by atoms with Crippen molar-refractivity contribution in [2.75, 3.05) is 12.4 Å². The molecule has 2 fully saturated rings. The van der Waals surface area contributed by atoms with Crippen molar-refractivity contribution in [1.29, 1.82) is 0 Å². The third-order valence-corrected chi connectivity index (χ3v) is 7.09. The lowest BCUT2D eigenvalue weighted by atomic mass is 9.76. The van der Waals surface area contributed by atoms with Crippen LogP contribution < -0.4 is 15.4 Å². The Morgan fingerprint density at radius 1 is 1.06 bits per heavy atom. The van der Waals surface area contributed by atoms with Gasteiger partial charge in [-0.3, -0.25) is 19.3 Å². The summed E-state index contributed by atoms with van der Waals surface area (Å²) in [6, 6.07) is 14.7. The smallest absolute Gasteiger partial charge is 0.291 e. The maximum absolute atomic E-state index is 13.8. The molecule has 5 rings (SSSR count). The van der Waals surface area contributed by atoms with Crippen LogP contribution in [0.1, 0.15) is 25.0 Å². The van der Waals surface area contributed by atoms with Crippen molar-refractivity contribution in [3.8, 4) is 5.75 Å². The first-order valence-corrected chi connectivity index (χ1v) is 10.6. The Hall–Kier alpha value is -3.19. The number of quaternary nitrogens is 1. The average molecular weight is 420 g/mol. The van der Waals surface area contributed by atoms with Crippen LogP contribution in [0.2, 0.25) is 0 Å². The Morgan fingerprint density at radius 3 is 2.52 bits per heavy atom. The second kappa shape index (κ2) is 6.92. The molecule has 2 aromatic rings. The van der Waals surface area contributed by atoms with Gasteiger partial charge in [0.2, 0.25) is 17.4 Å². The van der Waals surface area contributed by atoms with Crippen LogP contribution in [0.5, 0.6) is 5.75 Å². The topological polar surface area (TPSA) is 92.3 Å². The second-order valence-corrected chi connectivity index (χ2v) is 8.93. The van der Waals surface area contributed by atoms with Gasteiger partial charge in [0.1, 0.15) is 23.6 Å². The molecule has 0 bridgehead atoms. The van der Waals surface area contributed by atoms with Gasteiger partial charge in [0.05, 0.1) is 19.3 Å². The Balaban J connectivity index is 1.60. The Kier molecular flexibility index (Phi) is 4.41. The van der Waals surface area contributed by atoms with E-state index in [1.807, 2.05) is 67.7 Å². The van der Waals surface area contributed by atoms with Crippen molar-refractivity contribution in [2.24, 2.45) is 17.8 Å². The number of rotatable bonds is 4. The first kappa shape index (κ1) is 19.8. The zero-order chi connectivity index (χ0) is 21.9. The number of anilines is 1. The molecule has 7 nitrogen and oxygen atoms in total. The van der Waals surface area contributed by atoms with Crippen LogP contribution in [0.3, 0.4) is 0 Å². The number of fused-ring (bicyclic) bond motifs is 4. The van der Waals surface area contributed by atoms with E-state index in [-0.39, 0.29) is 36.2 Å². The molecule has 2 aromatic carbocycles. The van der Waals surface area contributed by atoms with Crippen LogP contribution in [0.15, 0.2) is 48.5 Å². The minimum Gasteiger partial charge on any atom is -0.496 e. The Labute approximate surface area is 180 Å². The van der Waals surface area contributed by atoms with E-state index in [9.17, 15) is 14.4 Å². The number of nitrogens with zero attached hydrogens (tertiary/aromatic N) is 1. The highest BCUT2D eigenvalue weighted by Crippen LogP contribution is 2.50. The normalized spacial score (nSPS) is 29.0. The number of methoxy groups -OCH3 is 1. The van der Waals surface area contributed by atoms with E-state index in [0.29, 0.717) is 5.75 Å². The number of benzene rings is 2. The highest BCUT2D eigenvalue weighted by atomic mass is 16.5. The van der Waals surface area contributed by atoms with E-state index in [2.05, 4.69) is 5.32 Å². The molecule has 3 aliphatic rings. The molecule has 160 valence electrons. The van der Waals surface area contributed by atoms with E-state index >= 15 is 0 Å². The van der Waals surface area contributed by atoms with Gasteiger partial charge in [0.15, 0.2) is 0 Å². The lowest BCUT2D eigenvalue weighted by Gasteiger charge is -2.27. The maximum atomic E-state index is 13.8. The van der Waals surface area contributed by atoms with Crippen LogP contribution in [0.4, 0.5) is 5.69 Å². The fraction of sp³-hybridized carbons (Fsp3) is 0.375. The third kappa shape index (κ3) is 2.59. The summed E-state index contributed by atoms with van der Waals surface area (Å²) in [5, 5.41) is 4.92. The van der Waals surface area contributed by atoms with Gasteiger partial charge in [0.25, 0.3) is 5.91 Å². The van der Waals surface area contributed by atoms with Gasteiger partial charge in [-0.05, 0) is 12.1 Å². The van der Waals surface area contributed by atoms with Crippen LogP contribution in [-0.4, -0.2) is 35.8 Å². The number of carbonyl (C=O) groups excluding carboxylic acids is 3. The molecule has 7 heteroatoms. The summed E-state index contributed by atoms with van der Waals surface area (Å²) in [5.74, 6) is -1.23. The van der Waals surface area contributed by atoms with E-state index in [4.69, 9.17) is 4.74 Å². The molecule has 0 radical (unpaired) electrons. The zero-order valence-electron chi connectivity index (χ0n) is 17.8. The maximum Gasteiger partial charge on any atom is 0.291 e. The lowest BCUT2D eigenvalue weighted by molar-refractivity contribution is -0.738. The Morgan fingerprint density at radius 2 is 1.77 bits per heavy atom. The molecular weight excluding hydrogens is 394 g/mol. The summed E-state index contributed by atoms with van der Waals surface area (Å²) in [4.78, 5) is 42.0. The monoisotopic (exact) mass is 420 g/mol. The molecule has 0 saturated carbocycles. The number of amides is 3. The standard InChI is InChI=1S/C24H25N3O4/c1-13(2)20-18-19(24(26-20)15-9-5-6-10-16(15)25-23(24)30)22(29)27(21(18)28)12-14-8-4-7-11-17(14)31-3/h4-11,13,18-20,26H,12H2,1-3H3,(H,25,30)/p+1/t18-,19-,20-,24-/m0/s1. The van der Waals surface area contributed by atoms with Gasteiger partial charge >= 0.3 is 0 Å². The predicted molar refractivity (Wildman–Crippen MR) is 113 cm³/mol. The molecule has 3 amide bonds. The number of hydrogen-bond acceptors (Lipinski definition) is 4. The average Bonchev–Trinajstić information content (AvgIpc) is 3.35. The van der Waals surface area contributed by atoms with Crippen molar-refractivity contribution >= 4 is 23.4 Å². The number of nitrogens with one attached hydrogen (secondary N) is 1. The lowest BCUT2D eigenvalue weighted by Crippen LogP contribution is -2.99. The van der Waals surface area contributed by atoms with Crippen LogP contribution in [0.25, 0.3) is 0 Å². The molecule has 31 heavy (non-hydrogen) atoms. The molecule has 2 saturated heterocycles.